The van der Waals surface area contributed by atoms with Crippen molar-refractivity contribution in [1.82, 2.24) is 10.3 Å². The molecule has 1 aromatic rings. The van der Waals surface area contributed by atoms with Crippen molar-refractivity contribution in [3.8, 4) is 0 Å². The van der Waals surface area contributed by atoms with E-state index in [4.69, 9.17) is 0 Å². The molecule has 2 heterocycles. The van der Waals surface area contributed by atoms with E-state index in [-0.39, 0.29) is 0 Å². The number of nitrogens with one attached hydrogen (secondary N) is 1. The van der Waals surface area contributed by atoms with Crippen molar-refractivity contribution in [2.75, 3.05) is 31.1 Å². The molecule has 0 radical (unpaired) electrons. The molecule has 4 heteroatoms. The highest BCUT2D eigenvalue weighted by Crippen LogP contribution is 2.26. The molecular formula is C14H22BrN3. The van der Waals surface area contributed by atoms with Gasteiger partial charge in [0.2, 0.25) is 0 Å². The lowest BCUT2D eigenvalue weighted by atomic mass is 9.99. The van der Waals surface area contributed by atoms with Gasteiger partial charge in [0.15, 0.2) is 0 Å². The molecule has 18 heavy (non-hydrogen) atoms. The molecule has 1 fully saturated rings. The average molecular weight is 312 g/mol. The van der Waals surface area contributed by atoms with Gasteiger partial charge in [-0.2, -0.15) is 0 Å². The summed E-state index contributed by atoms with van der Waals surface area (Å²) in [5.74, 6) is 1.82. The van der Waals surface area contributed by atoms with Gasteiger partial charge in [-0.05, 0) is 73.3 Å². The molecule has 1 saturated heterocycles. The van der Waals surface area contributed by atoms with E-state index in [9.17, 15) is 0 Å². The molecule has 1 aliphatic rings. The standard InChI is InChI=1S/C14H22BrN3/c1-3-18(10-12-5-4-6-16-9-12)14-13(15)7-11(2)8-17-14/h7-8,12,16H,3-6,9-10H2,1-2H3. The van der Waals surface area contributed by atoms with E-state index in [1.165, 1.54) is 24.9 Å². The molecule has 0 spiro atoms. The lowest BCUT2D eigenvalue weighted by Crippen LogP contribution is -2.38. The van der Waals surface area contributed by atoms with Gasteiger partial charge in [0.05, 0.1) is 4.47 Å². The molecular weight excluding hydrogens is 290 g/mol. The van der Waals surface area contributed by atoms with Crippen molar-refractivity contribution in [2.45, 2.75) is 26.7 Å². The van der Waals surface area contributed by atoms with Crippen LogP contribution in [-0.4, -0.2) is 31.2 Å². The van der Waals surface area contributed by atoms with Gasteiger partial charge in [-0.3, -0.25) is 0 Å². The Morgan fingerprint density at radius 3 is 3.00 bits per heavy atom. The van der Waals surface area contributed by atoms with E-state index >= 15 is 0 Å². The van der Waals surface area contributed by atoms with Crippen molar-refractivity contribution in [3.63, 3.8) is 0 Å². The molecule has 0 amide bonds. The van der Waals surface area contributed by atoms with Crippen molar-refractivity contribution < 1.29 is 0 Å². The lowest BCUT2D eigenvalue weighted by molar-refractivity contribution is 0.377. The molecule has 2 rings (SSSR count). The van der Waals surface area contributed by atoms with Gasteiger partial charge in [0, 0.05) is 19.3 Å². The van der Waals surface area contributed by atoms with Gasteiger partial charge in [-0.25, -0.2) is 4.98 Å². The zero-order valence-electron chi connectivity index (χ0n) is 11.2. The van der Waals surface area contributed by atoms with Crippen LogP contribution in [0.4, 0.5) is 5.82 Å². The minimum atomic E-state index is 0.744. The highest BCUT2D eigenvalue weighted by atomic mass is 79.9. The molecule has 1 aliphatic heterocycles. The maximum atomic E-state index is 4.57. The van der Waals surface area contributed by atoms with Crippen LogP contribution in [0.25, 0.3) is 0 Å². The molecule has 1 atom stereocenters. The molecule has 0 saturated carbocycles. The Labute approximate surface area is 118 Å². The number of anilines is 1. The molecule has 0 bridgehead atoms. The maximum Gasteiger partial charge on any atom is 0.142 e. The first-order chi connectivity index (χ1) is 8.70. The van der Waals surface area contributed by atoms with Crippen LogP contribution in [0.3, 0.4) is 0 Å². The van der Waals surface area contributed by atoms with E-state index in [0.29, 0.717) is 0 Å². The smallest absolute Gasteiger partial charge is 0.142 e. The molecule has 0 aliphatic carbocycles. The molecule has 3 nitrogen and oxygen atoms in total. The largest absolute Gasteiger partial charge is 0.356 e. The van der Waals surface area contributed by atoms with Gasteiger partial charge in [0.25, 0.3) is 0 Å². The van der Waals surface area contributed by atoms with E-state index in [1.54, 1.807) is 0 Å². The number of aryl methyl sites for hydroxylation is 1. The first kappa shape index (κ1) is 13.8. The topological polar surface area (TPSA) is 28.2 Å². The number of hydrogen-bond donors (Lipinski definition) is 1. The summed E-state index contributed by atoms with van der Waals surface area (Å²) in [7, 11) is 0. The minimum absolute atomic E-state index is 0.744. The van der Waals surface area contributed by atoms with Crippen molar-refractivity contribution in [2.24, 2.45) is 5.92 Å². The summed E-state index contributed by atoms with van der Waals surface area (Å²) in [4.78, 5) is 6.95. The third-order valence-corrected chi connectivity index (χ3v) is 4.10. The predicted octanol–water partition coefficient (Wildman–Crippen LogP) is 2.98. The molecule has 100 valence electrons. The zero-order valence-corrected chi connectivity index (χ0v) is 12.8. The third-order valence-electron chi connectivity index (χ3n) is 3.52. The Hall–Kier alpha value is -0.610. The Bertz CT molecular complexity index is 389. The maximum absolute atomic E-state index is 4.57. The van der Waals surface area contributed by atoms with Gasteiger partial charge in [-0.1, -0.05) is 0 Å². The van der Waals surface area contributed by atoms with Crippen LogP contribution in [0.15, 0.2) is 16.7 Å². The second kappa shape index (κ2) is 6.53. The minimum Gasteiger partial charge on any atom is -0.356 e. The monoisotopic (exact) mass is 311 g/mol. The van der Waals surface area contributed by atoms with Crippen LogP contribution in [0, 0.1) is 12.8 Å². The van der Waals surface area contributed by atoms with Crippen molar-refractivity contribution in [1.29, 1.82) is 0 Å². The first-order valence-electron chi connectivity index (χ1n) is 6.78. The highest BCUT2D eigenvalue weighted by molar-refractivity contribution is 9.10. The average Bonchev–Trinajstić information content (AvgIpc) is 2.38. The van der Waals surface area contributed by atoms with Crippen LogP contribution in [0.1, 0.15) is 25.3 Å². The van der Waals surface area contributed by atoms with E-state index < -0.39 is 0 Å². The SMILES string of the molecule is CCN(CC1CCCNC1)c1ncc(C)cc1Br. The summed E-state index contributed by atoms with van der Waals surface area (Å²) in [5.41, 5.74) is 1.20. The zero-order chi connectivity index (χ0) is 13.0. The number of hydrogen-bond acceptors (Lipinski definition) is 3. The van der Waals surface area contributed by atoms with E-state index in [1.807, 2.05) is 6.20 Å². The number of pyridine rings is 1. The first-order valence-corrected chi connectivity index (χ1v) is 7.57. The predicted molar refractivity (Wildman–Crippen MR) is 80.2 cm³/mol. The third kappa shape index (κ3) is 3.45. The van der Waals surface area contributed by atoms with Crippen LogP contribution in [0.2, 0.25) is 0 Å². The fourth-order valence-electron chi connectivity index (χ4n) is 2.52. The van der Waals surface area contributed by atoms with Gasteiger partial charge < -0.3 is 10.2 Å². The van der Waals surface area contributed by atoms with Crippen LogP contribution >= 0.6 is 15.9 Å². The van der Waals surface area contributed by atoms with E-state index in [2.05, 4.69) is 51.0 Å². The fraction of sp³-hybridized carbons (Fsp3) is 0.643. The second-order valence-corrected chi connectivity index (χ2v) is 5.92. The lowest BCUT2D eigenvalue weighted by Gasteiger charge is -2.30. The number of halogens is 1. The van der Waals surface area contributed by atoms with Gasteiger partial charge in [-0.15, -0.1) is 0 Å². The summed E-state index contributed by atoms with van der Waals surface area (Å²) in [6, 6.07) is 2.14. The van der Waals surface area contributed by atoms with E-state index in [0.717, 1.165) is 35.8 Å². The number of nitrogens with zero attached hydrogens (tertiary/aromatic N) is 2. The summed E-state index contributed by atoms with van der Waals surface area (Å²) in [6.45, 7) is 8.69. The summed E-state index contributed by atoms with van der Waals surface area (Å²) < 4.78 is 1.10. The number of piperidine rings is 1. The quantitative estimate of drug-likeness (QED) is 0.926. The fourth-order valence-corrected chi connectivity index (χ4v) is 3.23. The molecule has 1 N–H and O–H groups in total. The van der Waals surface area contributed by atoms with Gasteiger partial charge >= 0.3 is 0 Å². The Morgan fingerprint density at radius 1 is 1.56 bits per heavy atom. The van der Waals surface area contributed by atoms with Crippen LogP contribution in [0.5, 0.6) is 0 Å². The normalized spacial score (nSPS) is 19.8. The summed E-state index contributed by atoms with van der Waals surface area (Å²) >= 11 is 3.63. The highest BCUT2D eigenvalue weighted by Gasteiger charge is 2.18. The molecule has 1 unspecified atom stereocenters. The van der Waals surface area contributed by atoms with Crippen molar-refractivity contribution in [3.05, 3.63) is 22.3 Å². The summed E-state index contributed by atoms with van der Waals surface area (Å²) in [6.07, 6.45) is 4.57. The second-order valence-electron chi connectivity index (χ2n) is 5.07. The molecule has 1 aromatic heterocycles. The Kier molecular flexibility index (Phi) is 5.01. The molecule has 0 aromatic carbocycles. The summed E-state index contributed by atoms with van der Waals surface area (Å²) in [5, 5.41) is 3.48. The Morgan fingerprint density at radius 2 is 2.39 bits per heavy atom. The number of rotatable bonds is 4. The van der Waals surface area contributed by atoms with Crippen LogP contribution < -0.4 is 10.2 Å². The van der Waals surface area contributed by atoms with Crippen molar-refractivity contribution >= 4 is 21.7 Å². The number of aromatic nitrogens is 1. The van der Waals surface area contributed by atoms with Gasteiger partial charge in [0.1, 0.15) is 5.82 Å². The van der Waals surface area contributed by atoms with Crippen LogP contribution in [-0.2, 0) is 0 Å². The Balaban J connectivity index is 2.07.